The van der Waals surface area contributed by atoms with Crippen molar-refractivity contribution in [2.75, 3.05) is 0 Å². The van der Waals surface area contributed by atoms with Gasteiger partial charge >= 0.3 is 0 Å². The van der Waals surface area contributed by atoms with Gasteiger partial charge in [-0.2, -0.15) is 0 Å². The van der Waals surface area contributed by atoms with E-state index in [0.29, 0.717) is 16.8 Å². The summed E-state index contributed by atoms with van der Waals surface area (Å²) in [5.41, 5.74) is 2.02. The van der Waals surface area contributed by atoms with Crippen LogP contribution in [0.2, 0.25) is 0 Å². The van der Waals surface area contributed by atoms with Gasteiger partial charge < -0.3 is 4.42 Å². The second-order valence-electron chi connectivity index (χ2n) is 4.44. The van der Waals surface area contributed by atoms with Crippen molar-refractivity contribution in [3.8, 4) is 11.5 Å². The summed E-state index contributed by atoms with van der Waals surface area (Å²) in [6, 6.07) is 9.87. The van der Waals surface area contributed by atoms with Gasteiger partial charge in [-0.05, 0) is 47.1 Å². The van der Waals surface area contributed by atoms with Crippen LogP contribution in [0.15, 0.2) is 44.6 Å². The lowest BCUT2D eigenvalue weighted by molar-refractivity contribution is 0.556. The average molecular weight is 382 g/mol. The van der Waals surface area contributed by atoms with Crippen molar-refractivity contribution in [3.63, 3.8) is 0 Å². The van der Waals surface area contributed by atoms with Crippen molar-refractivity contribution in [2.45, 2.75) is 6.92 Å². The zero-order valence-electron chi connectivity index (χ0n) is 11.0. The second-order valence-corrected chi connectivity index (χ2v) is 6.71. The molecule has 0 aliphatic heterocycles. The molecule has 3 nitrogen and oxygen atoms in total. The van der Waals surface area contributed by atoms with Crippen molar-refractivity contribution in [1.29, 1.82) is 0 Å². The van der Waals surface area contributed by atoms with E-state index < -0.39 is 0 Å². The molecule has 0 N–H and O–H groups in total. The van der Waals surface area contributed by atoms with Crippen LogP contribution in [-0.2, 0) is 0 Å². The zero-order chi connectivity index (χ0) is 14.8. The molecule has 106 valence electrons. The van der Waals surface area contributed by atoms with Gasteiger partial charge in [0.1, 0.15) is 5.03 Å². The Bertz CT molecular complexity index is 809. The minimum Gasteiger partial charge on any atom is -0.415 e. The number of rotatable bonds is 3. The summed E-state index contributed by atoms with van der Waals surface area (Å²) in [6.07, 6.45) is 1.81. The lowest BCUT2D eigenvalue weighted by atomic mass is 10.1. The third-order valence-corrected chi connectivity index (χ3v) is 4.66. The van der Waals surface area contributed by atoms with Crippen molar-refractivity contribution in [1.82, 2.24) is 10.2 Å². The van der Waals surface area contributed by atoms with Crippen LogP contribution in [0, 0.1) is 6.92 Å². The van der Waals surface area contributed by atoms with Gasteiger partial charge in [0.2, 0.25) is 5.89 Å². The van der Waals surface area contributed by atoms with Gasteiger partial charge in [-0.25, -0.2) is 0 Å². The van der Waals surface area contributed by atoms with Crippen LogP contribution in [0.1, 0.15) is 16.3 Å². The van der Waals surface area contributed by atoms with Crippen LogP contribution in [0.4, 0.5) is 0 Å². The smallest absolute Gasteiger partial charge is 0.259 e. The molecule has 2 aromatic heterocycles. The van der Waals surface area contributed by atoms with Crippen LogP contribution >= 0.6 is 38.9 Å². The largest absolute Gasteiger partial charge is 0.415 e. The van der Waals surface area contributed by atoms with Gasteiger partial charge in [-0.15, -0.1) is 21.5 Å². The van der Waals surface area contributed by atoms with E-state index in [-0.39, 0.29) is 0 Å². The second kappa shape index (κ2) is 6.13. The highest BCUT2D eigenvalue weighted by Gasteiger charge is 2.11. The van der Waals surface area contributed by atoms with Crippen molar-refractivity contribution >= 4 is 50.0 Å². The van der Waals surface area contributed by atoms with Crippen LogP contribution in [0.3, 0.4) is 0 Å². The number of hydrogen-bond donors (Lipinski definition) is 0. The fourth-order valence-electron chi connectivity index (χ4n) is 1.81. The molecule has 0 aliphatic carbocycles. The molecule has 21 heavy (non-hydrogen) atoms. The number of aromatic nitrogens is 2. The first-order valence-corrected chi connectivity index (χ1v) is 8.19. The van der Waals surface area contributed by atoms with E-state index in [1.807, 2.05) is 48.7 Å². The molecular weight excluding hydrogens is 372 g/mol. The SMILES string of the molecule is Cc1cccc(-c2nnc(/C(Cl)=C/c3cc(Br)cs3)o2)c1. The molecule has 0 atom stereocenters. The molecule has 1 aromatic carbocycles. The lowest BCUT2D eigenvalue weighted by Gasteiger charge is -1.96. The number of aryl methyl sites for hydroxylation is 1. The molecule has 0 unspecified atom stereocenters. The quantitative estimate of drug-likeness (QED) is 0.592. The molecule has 0 fully saturated rings. The van der Waals surface area contributed by atoms with E-state index in [0.717, 1.165) is 20.5 Å². The van der Waals surface area contributed by atoms with Crippen LogP contribution < -0.4 is 0 Å². The van der Waals surface area contributed by atoms with Crippen LogP contribution in [-0.4, -0.2) is 10.2 Å². The zero-order valence-corrected chi connectivity index (χ0v) is 14.2. The Morgan fingerprint density at radius 1 is 1.33 bits per heavy atom. The number of hydrogen-bond acceptors (Lipinski definition) is 4. The first-order valence-electron chi connectivity index (χ1n) is 6.14. The molecule has 0 aliphatic rings. The third kappa shape index (κ3) is 3.43. The predicted molar refractivity (Wildman–Crippen MR) is 90.2 cm³/mol. The van der Waals surface area contributed by atoms with E-state index in [1.54, 1.807) is 11.3 Å². The highest BCUT2D eigenvalue weighted by Crippen LogP contribution is 2.28. The maximum Gasteiger partial charge on any atom is 0.259 e. The summed E-state index contributed by atoms with van der Waals surface area (Å²) in [7, 11) is 0. The molecule has 0 radical (unpaired) electrons. The standard InChI is InChI=1S/C15H10BrClN2OS/c1-9-3-2-4-10(5-9)14-18-19-15(20-14)13(17)7-12-6-11(16)8-21-12/h2-8H,1H3/b13-7-. The Labute approximate surface area is 139 Å². The summed E-state index contributed by atoms with van der Waals surface area (Å²) in [6.45, 7) is 2.02. The van der Waals surface area contributed by atoms with Crippen LogP contribution in [0.5, 0.6) is 0 Å². The first kappa shape index (κ1) is 14.5. The summed E-state index contributed by atoms with van der Waals surface area (Å²) in [5, 5.41) is 10.5. The number of benzene rings is 1. The van der Waals surface area contributed by atoms with Crippen molar-refractivity contribution in [2.24, 2.45) is 0 Å². The first-order chi connectivity index (χ1) is 10.1. The maximum absolute atomic E-state index is 6.24. The molecule has 0 spiro atoms. The van der Waals surface area contributed by atoms with E-state index in [4.69, 9.17) is 16.0 Å². The monoisotopic (exact) mass is 380 g/mol. The van der Waals surface area contributed by atoms with Gasteiger partial charge in [0.05, 0.1) is 0 Å². The molecule has 0 saturated carbocycles. The van der Waals surface area contributed by atoms with Crippen molar-refractivity contribution in [3.05, 3.63) is 56.5 Å². The number of halogens is 2. The summed E-state index contributed by atoms with van der Waals surface area (Å²) in [4.78, 5) is 1.02. The van der Waals surface area contributed by atoms with E-state index >= 15 is 0 Å². The third-order valence-electron chi connectivity index (χ3n) is 2.75. The normalized spacial score (nSPS) is 11.9. The highest BCUT2D eigenvalue weighted by atomic mass is 79.9. The van der Waals surface area contributed by atoms with Gasteiger partial charge in [-0.1, -0.05) is 29.3 Å². The highest BCUT2D eigenvalue weighted by molar-refractivity contribution is 9.10. The van der Waals surface area contributed by atoms with Gasteiger partial charge in [0.15, 0.2) is 0 Å². The molecule has 3 rings (SSSR count). The summed E-state index contributed by atoms with van der Waals surface area (Å²) >= 11 is 11.2. The predicted octanol–water partition coefficient (Wildman–Crippen LogP) is 5.61. The molecule has 0 bridgehead atoms. The molecule has 6 heteroatoms. The summed E-state index contributed by atoms with van der Waals surface area (Å²) < 4.78 is 6.66. The van der Waals surface area contributed by atoms with Gasteiger partial charge in [0.25, 0.3) is 5.89 Å². The molecular formula is C15H10BrClN2OS. The molecule has 0 amide bonds. The Morgan fingerprint density at radius 2 is 2.19 bits per heavy atom. The fraction of sp³-hybridized carbons (Fsp3) is 0.0667. The lowest BCUT2D eigenvalue weighted by Crippen LogP contribution is -1.78. The van der Waals surface area contributed by atoms with Gasteiger partial charge in [0, 0.05) is 20.3 Å². The van der Waals surface area contributed by atoms with E-state index in [2.05, 4.69) is 26.1 Å². The topological polar surface area (TPSA) is 38.9 Å². The van der Waals surface area contributed by atoms with Crippen molar-refractivity contribution < 1.29 is 4.42 Å². The molecule has 0 saturated heterocycles. The fourth-order valence-corrected chi connectivity index (χ4v) is 3.44. The van der Waals surface area contributed by atoms with E-state index in [9.17, 15) is 0 Å². The number of nitrogens with zero attached hydrogens (tertiary/aromatic N) is 2. The minimum absolute atomic E-state index is 0.317. The summed E-state index contributed by atoms with van der Waals surface area (Å²) in [5.74, 6) is 0.783. The molecule has 3 aromatic rings. The Hall–Kier alpha value is -1.43. The Kier molecular flexibility index (Phi) is 4.24. The Balaban J connectivity index is 1.89. The van der Waals surface area contributed by atoms with Crippen LogP contribution in [0.25, 0.3) is 22.6 Å². The maximum atomic E-state index is 6.24. The number of thiophene rings is 1. The van der Waals surface area contributed by atoms with Gasteiger partial charge in [-0.3, -0.25) is 0 Å². The average Bonchev–Trinajstić information content (AvgIpc) is 3.08. The van der Waals surface area contributed by atoms with E-state index in [1.165, 1.54) is 0 Å². The Morgan fingerprint density at radius 3 is 2.90 bits per heavy atom. The minimum atomic E-state index is 0.317. The molecule has 2 heterocycles.